The number of ether oxygens (including phenoxy) is 1. The SMILES string of the molecule is Fc1ccc(NC(=S)Nc2cnn(COCC(F)(F)F)c2)cc1Cl. The Labute approximate surface area is 144 Å². The number of aromatic nitrogens is 2. The highest BCUT2D eigenvalue weighted by Crippen LogP contribution is 2.19. The topological polar surface area (TPSA) is 51.1 Å². The summed E-state index contributed by atoms with van der Waals surface area (Å²) in [6.07, 6.45) is -1.61. The number of thiocarbonyl (C=S) groups is 1. The Morgan fingerprint density at radius 3 is 2.67 bits per heavy atom. The Hall–Kier alpha value is -1.91. The monoisotopic (exact) mass is 382 g/mol. The summed E-state index contributed by atoms with van der Waals surface area (Å²) in [5.41, 5.74) is 0.913. The number of benzene rings is 1. The quantitative estimate of drug-likeness (QED) is 0.604. The number of rotatable bonds is 5. The van der Waals surface area contributed by atoms with E-state index in [4.69, 9.17) is 23.8 Å². The van der Waals surface area contributed by atoms with E-state index in [1.807, 2.05) is 0 Å². The molecule has 0 aliphatic heterocycles. The van der Waals surface area contributed by atoms with Crippen LogP contribution in [0.5, 0.6) is 0 Å². The minimum atomic E-state index is -4.39. The van der Waals surface area contributed by atoms with Crippen molar-refractivity contribution in [2.75, 3.05) is 17.2 Å². The van der Waals surface area contributed by atoms with Crippen LogP contribution < -0.4 is 10.6 Å². The number of nitrogens with one attached hydrogen (secondary N) is 2. The fourth-order valence-electron chi connectivity index (χ4n) is 1.62. The van der Waals surface area contributed by atoms with Crippen LogP contribution in [0.1, 0.15) is 0 Å². The third kappa shape index (κ3) is 5.95. The number of nitrogens with zero attached hydrogens (tertiary/aromatic N) is 2. The third-order valence-corrected chi connectivity index (χ3v) is 3.05. The molecule has 2 N–H and O–H groups in total. The van der Waals surface area contributed by atoms with E-state index in [9.17, 15) is 17.6 Å². The summed E-state index contributed by atoms with van der Waals surface area (Å²) in [4.78, 5) is 0. The molecule has 11 heteroatoms. The third-order valence-electron chi connectivity index (χ3n) is 2.56. The summed E-state index contributed by atoms with van der Waals surface area (Å²) < 4.78 is 54.6. The van der Waals surface area contributed by atoms with Gasteiger partial charge < -0.3 is 15.4 Å². The summed E-state index contributed by atoms with van der Waals surface area (Å²) in [7, 11) is 0. The summed E-state index contributed by atoms with van der Waals surface area (Å²) in [6.45, 7) is -1.71. The van der Waals surface area contributed by atoms with Crippen molar-refractivity contribution in [3.63, 3.8) is 0 Å². The number of alkyl halides is 3. The Morgan fingerprint density at radius 2 is 2.00 bits per heavy atom. The van der Waals surface area contributed by atoms with Gasteiger partial charge in [-0.3, -0.25) is 0 Å². The lowest BCUT2D eigenvalue weighted by Crippen LogP contribution is -2.19. The van der Waals surface area contributed by atoms with Gasteiger partial charge in [0.15, 0.2) is 5.11 Å². The summed E-state index contributed by atoms with van der Waals surface area (Å²) in [6, 6.07) is 3.99. The van der Waals surface area contributed by atoms with Crippen LogP contribution in [-0.4, -0.2) is 27.7 Å². The van der Waals surface area contributed by atoms with E-state index >= 15 is 0 Å². The highest BCUT2D eigenvalue weighted by Gasteiger charge is 2.27. The molecule has 0 saturated heterocycles. The van der Waals surface area contributed by atoms with Crippen molar-refractivity contribution in [3.8, 4) is 0 Å². The summed E-state index contributed by atoms with van der Waals surface area (Å²) in [5.74, 6) is -0.554. The molecule has 130 valence electrons. The normalized spacial score (nSPS) is 11.4. The Kier molecular flexibility index (Phi) is 5.97. The first-order valence-electron chi connectivity index (χ1n) is 6.43. The first-order valence-corrected chi connectivity index (χ1v) is 7.21. The highest BCUT2D eigenvalue weighted by atomic mass is 35.5. The van der Waals surface area contributed by atoms with Crippen molar-refractivity contribution in [2.45, 2.75) is 12.9 Å². The first-order chi connectivity index (χ1) is 11.2. The van der Waals surface area contributed by atoms with Gasteiger partial charge in [-0.05, 0) is 30.4 Å². The first kappa shape index (κ1) is 18.4. The molecule has 0 aliphatic carbocycles. The summed E-state index contributed by atoms with van der Waals surface area (Å²) in [5, 5.41) is 9.50. The van der Waals surface area contributed by atoms with Gasteiger partial charge in [0.2, 0.25) is 0 Å². The van der Waals surface area contributed by atoms with Gasteiger partial charge in [0.1, 0.15) is 19.2 Å². The van der Waals surface area contributed by atoms with Crippen LogP contribution in [-0.2, 0) is 11.5 Å². The van der Waals surface area contributed by atoms with Crippen molar-refractivity contribution < 1.29 is 22.3 Å². The number of hydrogen-bond acceptors (Lipinski definition) is 3. The minimum Gasteiger partial charge on any atom is -0.350 e. The van der Waals surface area contributed by atoms with E-state index in [0.29, 0.717) is 11.4 Å². The molecular formula is C13H11ClF4N4OS. The van der Waals surface area contributed by atoms with Gasteiger partial charge >= 0.3 is 6.18 Å². The van der Waals surface area contributed by atoms with Crippen LogP contribution >= 0.6 is 23.8 Å². The van der Waals surface area contributed by atoms with Crippen molar-refractivity contribution in [3.05, 3.63) is 41.4 Å². The maximum Gasteiger partial charge on any atom is 0.411 e. The van der Waals surface area contributed by atoms with Crippen molar-refractivity contribution in [1.29, 1.82) is 0 Å². The van der Waals surface area contributed by atoms with Gasteiger partial charge in [-0.2, -0.15) is 18.3 Å². The minimum absolute atomic E-state index is 0.0579. The molecule has 0 amide bonds. The molecule has 0 saturated carbocycles. The standard InChI is InChI=1S/C13H11ClF4N4OS/c14-10-3-8(1-2-11(10)15)20-12(24)21-9-4-19-22(5-9)7-23-6-13(16,17)18/h1-5H,6-7H2,(H2,20,21,24). The molecule has 0 spiro atoms. The molecule has 2 rings (SSSR count). The maximum atomic E-state index is 13.1. The maximum absolute atomic E-state index is 13.1. The van der Waals surface area contributed by atoms with Crippen LogP contribution in [0.25, 0.3) is 0 Å². The Morgan fingerprint density at radius 1 is 1.29 bits per heavy atom. The lowest BCUT2D eigenvalue weighted by atomic mass is 10.3. The van der Waals surface area contributed by atoms with E-state index in [1.165, 1.54) is 35.3 Å². The zero-order valence-electron chi connectivity index (χ0n) is 11.9. The van der Waals surface area contributed by atoms with Crippen molar-refractivity contribution in [1.82, 2.24) is 9.78 Å². The fourth-order valence-corrected chi connectivity index (χ4v) is 2.04. The van der Waals surface area contributed by atoms with E-state index in [1.54, 1.807) is 0 Å². The molecule has 24 heavy (non-hydrogen) atoms. The Bertz CT molecular complexity index is 722. The Balaban J connectivity index is 1.85. The molecule has 1 aromatic heterocycles. The molecule has 0 aliphatic rings. The number of halogens is 5. The smallest absolute Gasteiger partial charge is 0.350 e. The molecule has 1 aromatic carbocycles. The average molecular weight is 383 g/mol. The van der Waals surface area contributed by atoms with Crippen LogP contribution in [0.2, 0.25) is 5.02 Å². The zero-order valence-corrected chi connectivity index (χ0v) is 13.5. The predicted octanol–water partition coefficient (Wildman–Crippen LogP) is 4.02. The van der Waals surface area contributed by atoms with Crippen LogP contribution in [0, 0.1) is 5.82 Å². The average Bonchev–Trinajstić information content (AvgIpc) is 2.89. The van der Waals surface area contributed by atoms with E-state index in [-0.39, 0.29) is 16.9 Å². The van der Waals surface area contributed by atoms with Crippen LogP contribution in [0.3, 0.4) is 0 Å². The lowest BCUT2D eigenvalue weighted by Gasteiger charge is -2.09. The highest BCUT2D eigenvalue weighted by molar-refractivity contribution is 7.80. The van der Waals surface area contributed by atoms with Crippen LogP contribution in [0.15, 0.2) is 30.6 Å². The zero-order chi connectivity index (χ0) is 17.7. The molecule has 0 radical (unpaired) electrons. The van der Waals surface area contributed by atoms with E-state index in [0.717, 1.165) is 0 Å². The largest absolute Gasteiger partial charge is 0.411 e. The summed E-state index contributed by atoms with van der Waals surface area (Å²) >= 11 is 10.7. The molecule has 5 nitrogen and oxygen atoms in total. The van der Waals surface area contributed by atoms with Crippen molar-refractivity contribution in [2.24, 2.45) is 0 Å². The van der Waals surface area contributed by atoms with E-state index < -0.39 is 18.6 Å². The molecule has 1 heterocycles. The van der Waals surface area contributed by atoms with Gasteiger partial charge in [0, 0.05) is 5.69 Å². The molecule has 0 bridgehead atoms. The second-order valence-electron chi connectivity index (χ2n) is 4.57. The predicted molar refractivity (Wildman–Crippen MR) is 85.5 cm³/mol. The second-order valence-corrected chi connectivity index (χ2v) is 5.38. The van der Waals surface area contributed by atoms with Crippen LogP contribution in [0.4, 0.5) is 28.9 Å². The molecule has 0 unspecified atom stereocenters. The van der Waals surface area contributed by atoms with Gasteiger partial charge in [-0.15, -0.1) is 0 Å². The van der Waals surface area contributed by atoms with Gasteiger partial charge in [0.25, 0.3) is 0 Å². The molecular weight excluding hydrogens is 372 g/mol. The van der Waals surface area contributed by atoms with E-state index in [2.05, 4.69) is 20.5 Å². The molecule has 0 atom stereocenters. The molecule has 2 aromatic rings. The number of hydrogen-bond donors (Lipinski definition) is 2. The lowest BCUT2D eigenvalue weighted by molar-refractivity contribution is -0.182. The second kappa shape index (κ2) is 7.77. The van der Waals surface area contributed by atoms with Gasteiger partial charge in [0.05, 0.1) is 23.1 Å². The van der Waals surface area contributed by atoms with Gasteiger partial charge in [-0.25, -0.2) is 9.07 Å². The number of anilines is 2. The fraction of sp³-hybridized carbons (Fsp3) is 0.231. The van der Waals surface area contributed by atoms with Gasteiger partial charge in [-0.1, -0.05) is 11.6 Å². The molecule has 0 fully saturated rings. The van der Waals surface area contributed by atoms with Crippen molar-refractivity contribution >= 4 is 40.3 Å².